The molecule has 1 atom stereocenters. The van der Waals surface area contributed by atoms with E-state index < -0.39 is 0 Å². The number of anilines is 1. The van der Waals surface area contributed by atoms with Crippen LogP contribution >= 0.6 is 0 Å². The van der Waals surface area contributed by atoms with Crippen molar-refractivity contribution in [2.45, 2.75) is 6.04 Å². The van der Waals surface area contributed by atoms with Crippen LogP contribution in [0.25, 0.3) is 0 Å². The van der Waals surface area contributed by atoms with Crippen molar-refractivity contribution in [3.63, 3.8) is 0 Å². The summed E-state index contributed by atoms with van der Waals surface area (Å²) in [6.45, 7) is 1.75. The fourth-order valence-corrected chi connectivity index (χ4v) is 1.78. The Balaban J connectivity index is 2.10. The molecule has 1 unspecified atom stereocenters. The highest BCUT2D eigenvalue weighted by Gasteiger charge is 2.14. The summed E-state index contributed by atoms with van der Waals surface area (Å²) in [6, 6.07) is 5.54. The van der Waals surface area contributed by atoms with Crippen molar-refractivity contribution >= 4 is 5.69 Å². The molecule has 0 saturated carbocycles. The fourth-order valence-electron chi connectivity index (χ4n) is 1.78. The van der Waals surface area contributed by atoms with Gasteiger partial charge in [-0.05, 0) is 12.1 Å². The van der Waals surface area contributed by atoms with E-state index in [9.17, 15) is 0 Å². The summed E-state index contributed by atoms with van der Waals surface area (Å²) < 4.78 is 11.0. The molecule has 1 aliphatic heterocycles. The molecule has 94 valence electrons. The van der Waals surface area contributed by atoms with Crippen molar-refractivity contribution in [2.24, 2.45) is 5.73 Å². The molecule has 0 amide bonds. The molecular formula is C12H18N2O3. The first-order valence-electron chi connectivity index (χ1n) is 5.68. The van der Waals surface area contributed by atoms with Gasteiger partial charge in [-0.2, -0.15) is 0 Å². The van der Waals surface area contributed by atoms with Gasteiger partial charge in [-0.25, -0.2) is 0 Å². The summed E-state index contributed by atoms with van der Waals surface area (Å²) in [4.78, 5) is 1.99. The average molecular weight is 238 g/mol. The van der Waals surface area contributed by atoms with Crippen LogP contribution in [0, 0.1) is 0 Å². The number of aliphatic hydroxyl groups is 1. The lowest BCUT2D eigenvalue weighted by Gasteiger charge is -2.25. The quantitative estimate of drug-likeness (QED) is 0.785. The van der Waals surface area contributed by atoms with Crippen LogP contribution in [-0.4, -0.2) is 44.6 Å². The largest absolute Gasteiger partial charge is 0.486 e. The van der Waals surface area contributed by atoms with Gasteiger partial charge in [0.15, 0.2) is 11.5 Å². The highest BCUT2D eigenvalue weighted by molar-refractivity contribution is 5.56. The van der Waals surface area contributed by atoms with Crippen molar-refractivity contribution in [2.75, 3.05) is 38.3 Å². The third-order valence-electron chi connectivity index (χ3n) is 2.71. The van der Waals surface area contributed by atoms with Gasteiger partial charge in [0, 0.05) is 31.4 Å². The first-order chi connectivity index (χ1) is 8.20. The number of hydrogen-bond acceptors (Lipinski definition) is 5. The lowest BCUT2D eigenvalue weighted by molar-refractivity contribution is 0.171. The number of fused-ring (bicyclic) bond motifs is 1. The third kappa shape index (κ3) is 2.81. The second-order valence-electron chi connectivity index (χ2n) is 4.15. The van der Waals surface area contributed by atoms with E-state index in [4.69, 9.17) is 20.3 Å². The number of hydrogen-bond donors (Lipinski definition) is 2. The Kier molecular flexibility index (Phi) is 3.71. The molecule has 1 aromatic rings. The molecule has 5 nitrogen and oxygen atoms in total. The Bertz CT molecular complexity index is 384. The van der Waals surface area contributed by atoms with Gasteiger partial charge in [0.25, 0.3) is 0 Å². The van der Waals surface area contributed by atoms with E-state index in [1.54, 1.807) is 0 Å². The van der Waals surface area contributed by atoms with E-state index >= 15 is 0 Å². The average Bonchev–Trinajstić information content (AvgIpc) is 2.38. The molecule has 1 aliphatic rings. The molecule has 0 radical (unpaired) electrons. The van der Waals surface area contributed by atoms with Crippen molar-refractivity contribution in [1.82, 2.24) is 0 Å². The molecule has 0 spiro atoms. The second-order valence-corrected chi connectivity index (χ2v) is 4.15. The van der Waals surface area contributed by atoms with Crippen molar-refractivity contribution < 1.29 is 14.6 Å². The Morgan fingerprint density at radius 3 is 2.76 bits per heavy atom. The summed E-state index contributed by atoms with van der Waals surface area (Å²) in [5, 5.41) is 8.93. The predicted octanol–water partition coefficient (Wildman–Crippen LogP) is 0.214. The van der Waals surface area contributed by atoms with Gasteiger partial charge in [0.05, 0.1) is 6.61 Å². The molecule has 3 N–H and O–H groups in total. The molecule has 5 heteroatoms. The smallest absolute Gasteiger partial charge is 0.163 e. The van der Waals surface area contributed by atoms with Gasteiger partial charge in [-0.15, -0.1) is 0 Å². The van der Waals surface area contributed by atoms with Crippen LogP contribution in [0.5, 0.6) is 11.5 Å². The van der Waals surface area contributed by atoms with Crippen molar-refractivity contribution in [1.29, 1.82) is 0 Å². The molecule has 0 aliphatic carbocycles. The fraction of sp³-hybridized carbons (Fsp3) is 0.500. The van der Waals surface area contributed by atoms with E-state index in [-0.39, 0.29) is 12.6 Å². The Hall–Kier alpha value is -1.46. The summed E-state index contributed by atoms with van der Waals surface area (Å²) >= 11 is 0. The zero-order valence-corrected chi connectivity index (χ0v) is 9.93. The van der Waals surface area contributed by atoms with E-state index in [1.807, 2.05) is 30.1 Å². The van der Waals surface area contributed by atoms with E-state index in [0.717, 1.165) is 17.2 Å². The Morgan fingerprint density at radius 2 is 2.06 bits per heavy atom. The third-order valence-corrected chi connectivity index (χ3v) is 2.71. The topological polar surface area (TPSA) is 68.0 Å². The minimum atomic E-state index is -0.242. The van der Waals surface area contributed by atoms with Crippen molar-refractivity contribution in [3.05, 3.63) is 18.2 Å². The number of likely N-dealkylation sites (N-methyl/N-ethyl adjacent to an activating group) is 1. The molecule has 0 bridgehead atoms. The molecule has 0 fully saturated rings. The van der Waals surface area contributed by atoms with Crippen LogP contribution in [0.15, 0.2) is 18.2 Å². The molecule has 2 rings (SSSR count). The first kappa shape index (κ1) is 12.0. The maximum atomic E-state index is 8.93. The minimum Gasteiger partial charge on any atom is -0.486 e. The van der Waals surface area contributed by atoms with E-state index in [2.05, 4.69) is 0 Å². The summed E-state index contributed by atoms with van der Waals surface area (Å²) in [7, 11) is 1.93. The zero-order valence-electron chi connectivity index (χ0n) is 9.93. The van der Waals surface area contributed by atoms with Crippen LogP contribution in [0.2, 0.25) is 0 Å². The highest BCUT2D eigenvalue weighted by Crippen LogP contribution is 2.33. The zero-order chi connectivity index (χ0) is 12.3. The van der Waals surface area contributed by atoms with Gasteiger partial charge in [0.2, 0.25) is 0 Å². The number of nitrogens with zero attached hydrogens (tertiary/aromatic N) is 1. The van der Waals surface area contributed by atoms with E-state index in [0.29, 0.717) is 19.8 Å². The molecule has 0 aromatic heterocycles. The SMILES string of the molecule is CN(CC(N)CO)c1ccc2c(c1)OCCO2. The normalized spacial score (nSPS) is 15.5. The first-order valence-corrected chi connectivity index (χ1v) is 5.68. The minimum absolute atomic E-state index is 0.0190. The number of aliphatic hydroxyl groups excluding tert-OH is 1. The van der Waals surface area contributed by atoms with Crippen LogP contribution < -0.4 is 20.1 Å². The Morgan fingerprint density at radius 1 is 1.35 bits per heavy atom. The standard InChI is InChI=1S/C12H18N2O3/c1-14(7-9(13)8-15)10-2-3-11-12(6-10)17-5-4-16-11/h2-3,6,9,15H,4-5,7-8,13H2,1H3. The molecule has 17 heavy (non-hydrogen) atoms. The maximum absolute atomic E-state index is 8.93. The number of ether oxygens (including phenoxy) is 2. The Labute approximate surface area is 101 Å². The highest BCUT2D eigenvalue weighted by atomic mass is 16.6. The molecule has 0 saturated heterocycles. The maximum Gasteiger partial charge on any atom is 0.163 e. The van der Waals surface area contributed by atoms with Crippen LogP contribution in [0.4, 0.5) is 5.69 Å². The van der Waals surface area contributed by atoms with Crippen molar-refractivity contribution in [3.8, 4) is 11.5 Å². The molecule has 1 aromatic carbocycles. The lowest BCUT2D eigenvalue weighted by atomic mass is 10.2. The predicted molar refractivity (Wildman–Crippen MR) is 65.8 cm³/mol. The van der Waals surface area contributed by atoms with Gasteiger partial charge in [0.1, 0.15) is 13.2 Å². The second kappa shape index (κ2) is 5.25. The van der Waals surface area contributed by atoms with Gasteiger partial charge in [-0.1, -0.05) is 0 Å². The number of rotatable bonds is 4. The molecular weight excluding hydrogens is 220 g/mol. The van der Waals surface area contributed by atoms with Crippen LogP contribution in [0.1, 0.15) is 0 Å². The lowest BCUT2D eigenvalue weighted by Crippen LogP contribution is -2.37. The number of nitrogens with two attached hydrogens (primary N) is 1. The van der Waals surface area contributed by atoms with Crippen LogP contribution in [0.3, 0.4) is 0 Å². The number of benzene rings is 1. The van der Waals surface area contributed by atoms with Crippen LogP contribution in [-0.2, 0) is 0 Å². The summed E-state index contributed by atoms with van der Waals surface area (Å²) in [5.41, 5.74) is 6.70. The summed E-state index contributed by atoms with van der Waals surface area (Å²) in [5.74, 6) is 1.54. The van der Waals surface area contributed by atoms with Gasteiger partial charge >= 0.3 is 0 Å². The summed E-state index contributed by atoms with van der Waals surface area (Å²) in [6.07, 6.45) is 0. The monoisotopic (exact) mass is 238 g/mol. The van der Waals surface area contributed by atoms with Gasteiger partial charge in [-0.3, -0.25) is 0 Å². The molecule has 1 heterocycles. The van der Waals surface area contributed by atoms with E-state index in [1.165, 1.54) is 0 Å². The van der Waals surface area contributed by atoms with Gasteiger partial charge < -0.3 is 25.2 Å².